The fourth-order valence-corrected chi connectivity index (χ4v) is 2.60. The molecule has 0 radical (unpaired) electrons. The summed E-state index contributed by atoms with van der Waals surface area (Å²) in [6, 6.07) is 13.3. The third-order valence-electron chi connectivity index (χ3n) is 3.72. The Morgan fingerprint density at radius 2 is 1.91 bits per heavy atom. The zero-order valence-corrected chi connectivity index (χ0v) is 12.6. The van der Waals surface area contributed by atoms with Gasteiger partial charge in [-0.1, -0.05) is 24.3 Å². The predicted octanol–water partition coefficient (Wildman–Crippen LogP) is 3.28. The number of anilines is 1. The molecule has 22 heavy (non-hydrogen) atoms. The lowest BCUT2D eigenvalue weighted by Gasteiger charge is -2.09. The van der Waals surface area contributed by atoms with Gasteiger partial charge in [0.2, 0.25) is 0 Å². The van der Waals surface area contributed by atoms with Gasteiger partial charge in [0.05, 0.1) is 14.2 Å². The minimum Gasteiger partial charge on any atom is -0.497 e. The molecule has 4 nitrogen and oxygen atoms in total. The fourth-order valence-electron chi connectivity index (χ4n) is 2.60. The van der Waals surface area contributed by atoms with Gasteiger partial charge >= 0.3 is 0 Å². The van der Waals surface area contributed by atoms with E-state index in [1.54, 1.807) is 14.2 Å². The third-order valence-corrected chi connectivity index (χ3v) is 3.72. The van der Waals surface area contributed by atoms with Gasteiger partial charge in [-0.15, -0.1) is 0 Å². The molecule has 1 aliphatic heterocycles. The number of methoxy groups -OCH3 is 2. The van der Waals surface area contributed by atoms with E-state index in [1.165, 1.54) is 0 Å². The van der Waals surface area contributed by atoms with E-state index in [0.717, 1.165) is 28.3 Å². The van der Waals surface area contributed by atoms with E-state index in [2.05, 4.69) is 5.32 Å². The van der Waals surface area contributed by atoms with E-state index < -0.39 is 0 Å². The van der Waals surface area contributed by atoms with Gasteiger partial charge in [0, 0.05) is 22.4 Å². The number of para-hydroxylation sites is 1. The molecule has 0 aliphatic carbocycles. The van der Waals surface area contributed by atoms with Gasteiger partial charge in [0.1, 0.15) is 11.5 Å². The first-order valence-corrected chi connectivity index (χ1v) is 7.04. The van der Waals surface area contributed by atoms with Crippen molar-refractivity contribution in [3.05, 3.63) is 59.7 Å². The van der Waals surface area contributed by atoms with Crippen molar-refractivity contribution >= 4 is 17.2 Å². The van der Waals surface area contributed by atoms with Crippen LogP contribution in [-0.2, 0) is 11.2 Å². The van der Waals surface area contributed by atoms with Crippen molar-refractivity contribution in [2.45, 2.75) is 6.42 Å². The Morgan fingerprint density at radius 3 is 2.68 bits per heavy atom. The first-order valence-electron chi connectivity index (χ1n) is 7.04. The monoisotopic (exact) mass is 295 g/mol. The maximum atomic E-state index is 12.1. The van der Waals surface area contributed by atoms with E-state index in [-0.39, 0.29) is 5.91 Å². The van der Waals surface area contributed by atoms with E-state index in [0.29, 0.717) is 12.0 Å². The lowest BCUT2D eigenvalue weighted by Crippen LogP contribution is -2.04. The topological polar surface area (TPSA) is 47.6 Å². The Labute approximate surface area is 129 Å². The second kappa shape index (κ2) is 5.93. The number of benzene rings is 2. The average molecular weight is 295 g/mol. The van der Waals surface area contributed by atoms with Gasteiger partial charge in [-0.3, -0.25) is 4.79 Å². The summed E-state index contributed by atoms with van der Waals surface area (Å²) in [5, 5.41) is 2.87. The summed E-state index contributed by atoms with van der Waals surface area (Å²) in [4.78, 5) is 12.1. The van der Waals surface area contributed by atoms with Gasteiger partial charge in [-0.05, 0) is 30.7 Å². The maximum Gasteiger partial charge on any atom is 0.256 e. The number of fused-ring (bicyclic) bond motifs is 1. The van der Waals surface area contributed by atoms with Crippen LogP contribution < -0.4 is 14.8 Å². The summed E-state index contributed by atoms with van der Waals surface area (Å²) in [5.74, 6) is 1.48. The fraction of sp³-hybridized carbons (Fsp3) is 0.167. The van der Waals surface area contributed by atoms with Crippen LogP contribution in [0.1, 0.15) is 11.1 Å². The minimum absolute atomic E-state index is 0.0666. The Balaban J connectivity index is 1.93. The highest BCUT2D eigenvalue weighted by atomic mass is 16.5. The van der Waals surface area contributed by atoms with Crippen LogP contribution in [0.25, 0.3) is 5.57 Å². The number of allylic oxidation sites excluding steroid dienone is 1. The Kier molecular flexibility index (Phi) is 3.83. The lowest BCUT2D eigenvalue weighted by atomic mass is 10.0. The summed E-state index contributed by atoms with van der Waals surface area (Å²) in [6.45, 7) is 0. The molecule has 0 bridgehead atoms. The second-order valence-electron chi connectivity index (χ2n) is 5.00. The number of hydrogen-bond acceptors (Lipinski definition) is 3. The molecule has 112 valence electrons. The van der Waals surface area contributed by atoms with Crippen LogP contribution in [0.2, 0.25) is 0 Å². The molecule has 2 aromatic rings. The zero-order chi connectivity index (χ0) is 15.5. The van der Waals surface area contributed by atoms with Crippen LogP contribution >= 0.6 is 0 Å². The normalized spacial score (nSPS) is 14.6. The molecular formula is C18H17NO3. The van der Waals surface area contributed by atoms with Crippen molar-refractivity contribution in [3.8, 4) is 11.5 Å². The minimum atomic E-state index is -0.0666. The summed E-state index contributed by atoms with van der Waals surface area (Å²) in [5.41, 5.74) is 3.47. The smallest absolute Gasteiger partial charge is 0.256 e. The van der Waals surface area contributed by atoms with Gasteiger partial charge in [0.15, 0.2) is 0 Å². The SMILES string of the molecule is COc1ccc(OC)c(CC=C2C(=O)Nc3ccccc32)c1. The zero-order valence-electron chi connectivity index (χ0n) is 12.6. The van der Waals surface area contributed by atoms with Crippen LogP contribution in [-0.4, -0.2) is 20.1 Å². The average Bonchev–Trinajstić information content (AvgIpc) is 2.87. The van der Waals surface area contributed by atoms with Crippen molar-refractivity contribution in [2.24, 2.45) is 0 Å². The number of hydrogen-bond donors (Lipinski definition) is 1. The van der Waals surface area contributed by atoms with Crippen molar-refractivity contribution in [1.29, 1.82) is 0 Å². The Hall–Kier alpha value is -2.75. The first-order chi connectivity index (χ1) is 10.7. The van der Waals surface area contributed by atoms with Gasteiger partial charge in [0.25, 0.3) is 5.91 Å². The number of rotatable bonds is 4. The molecular weight excluding hydrogens is 278 g/mol. The molecule has 1 N–H and O–H groups in total. The molecule has 0 spiro atoms. The van der Waals surface area contributed by atoms with Gasteiger partial charge < -0.3 is 14.8 Å². The van der Waals surface area contributed by atoms with Gasteiger partial charge in [-0.25, -0.2) is 0 Å². The molecule has 1 heterocycles. The summed E-state index contributed by atoms with van der Waals surface area (Å²) in [6.07, 6.45) is 2.52. The quantitative estimate of drug-likeness (QED) is 0.881. The molecule has 0 saturated heterocycles. The molecule has 0 unspecified atom stereocenters. The lowest BCUT2D eigenvalue weighted by molar-refractivity contribution is -0.110. The molecule has 0 atom stereocenters. The van der Waals surface area contributed by atoms with Crippen molar-refractivity contribution < 1.29 is 14.3 Å². The summed E-state index contributed by atoms with van der Waals surface area (Å²) >= 11 is 0. The van der Waals surface area contributed by atoms with Crippen molar-refractivity contribution in [3.63, 3.8) is 0 Å². The number of carbonyl (C=O) groups is 1. The van der Waals surface area contributed by atoms with Crippen LogP contribution in [0.3, 0.4) is 0 Å². The number of nitrogens with one attached hydrogen (secondary N) is 1. The molecule has 0 saturated carbocycles. The third kappa shape index (κ3) is 2.55. The molecule has 0 fully saturated rings. The first kappa shape index (κ1) is 14.2. The van der Waals surface area contributed by atoms with E-state index in [4.69, 9.17) is 9.47 Å². The van der Waals surface area contributed by atoms with Crippen LogP contribution in [0.15, 0.2) is 48.5 Å². The number of ether oxygens (including phenoxy) is 2. The highest BCUT2D eigenvalue weighted by Gasteiger charge is 2.23. The van der Waals surface area contributed by atoms with E-state index >= 15 is 0 Å². The van der Waals surface area contributed by atoms with Gasteiger partial charge in [-0.2, -0.15) is 0 Å². The highest BCUT2D eigenvalue weighted by Crippen LogP contribution is 2.32. The molecule has 3 rings (SSSR count). The molecule has 0 aromatic heterocycles. The Morgan fingerprint density at radius 1 is 1.09 bits per heavy atom. The van der Waals surface area contributed by atoms with Crippen LogP contribution in [0.4, 0.5) is 5.69 Å². The Bertz CT molecular complexity index is 750. The van der Waals surface area contributed by atoms with Crippen LogP contribution in [0, 0.1) is 0 Å². The number of amides is 1. The van der Waals surface area contributed by atoms with Crippen LogP contribution in [0.5, 0.6) is 11.5 Å². The standard InChI is InChI=1S/C18H17NO3/c1-21-13-8-10-17(22-2)12(11-13)7-9-15-14-5-3-4-6-16(14)19-18(15)20/h3-6,8-11H,7H2,1-2H3,(H,19,20). The predicted molar refractivity (Wildman–Crippen MR) is 86.3 cm³/mol. The number of carbonyl (C=O) groups excluding carboxylic acids is 1. The molecule has 2 aromatic carbocycles. The molecule has 1 amide bonds. The second-order valence-corrected chi connectivity index (χ2v) is 5.00. The van der Waals surface area contributed by atoms with Crippen molar-refractivity contribution in [2.75, 3.05) is 19.5 Å². The maximum absolute atomic E-state index is 12.1. The highest BCUT2D eigenvalue weighted by molar-refractivity contribution is 6.31. The summed E-state index contributed by atoms with van der Waals surface area (Å²) < 4.78 is 10.6. The van der Waals surface area contributed by atoms with Crippen molar-refractivity contribution in [1.82, 2.24) is 0 Å². The van der Waals surface area contributed by atoms with E-state index in [1.807, 2.05) is 48.5 Å². The molecule has 4 heteroatoms. The largest absolute Gasteiger partial charge is 0.497 e. The van der Waals surface area contributed by atoms with E-state index in [9.17, 15) is 4.79 Å². The summed E-state index contributed by atoms with van der Waals surface area (Å²) in [7, 11) is 3.26. The molecule has 1 aliphatic rings.